The Balaban J connectivity index is 1.72. The molecule has 3 aromatic carbocycles. The van der Waals surface area contributed by atoms with Gasteiger partial charge >= 0.3 is 5.97 Å². The summed E-state index contributed by atoms with van der Waals surface area (Å²) in [4.78, 5) is 24.6. The van der Waals surface area contributed by atoms with Gasteiger partial charge in [0.05, 0.1) is 34.8 Å². The van der Waals surface area contributed by atoms with Crippen LogP contribution in [0, 0.1) is 6.92 Å². The number of sulfonamides is 1. The highest BCUT2D eigenvalue weighted by molar-refractivity contribution is 9.10. The summed E-state index contributed by atoms with van der Waals surface area (Å²) in [6, 6.07) is 17.8. The smallest absolute Gasteiger partial charge is 0.344 e. The number of hydrogen-bond donors (Lipinski definition) is 2. The summed E-state index contributed by atoms with van der Waals surface area (Å²) >= 11 is 3.42. The van der Waals surface area contributed by atoms with Crippen molar-refractivity contribution in [1.29, 1.82) is 0 Å². The van der Waals surface area contributed by atoms with Gasteiger partial charge in [0.2, 0.25) is 15.9 Å². The van der Waals surface area contributed by atoms with Crippen LogP contribution in [0.15, 0.2) is 81.2 Å². The maximum atomic E-state index is 13.0. The summed E-state index contributed by atoms with van der Waals surface area (Å²) in [7, 11) is -3.89. The number of aryl methyl sites for hydroxylation is 1. The summed E-state index contributed by atoms with van der Waals surface area (Å²) < 4.78 is 45.4. The van der Waals surface area contributed by atoms with E-state index in [-0.39, 0.29) is 24.5 Å². The Hall–Kier alpha value is -3.74. The fraction of sp³-hybridized carbons (Fsp3) is 0.276. The highest BCUT2D eigenvalue weighted by atomic mass is 79.9. The number of nitrogens with one attached hydrogen (secondary N) is 2. The van der Waals surface area contributed by atoms with Crippen molar-refractivity contribution in [2.24, 2.45) is 5.10 Å². The number of halogens is 1. The first-order valence-corrected chi connectivity index (χ1v) is 15.1. The van der Waals surface area contributed by atoms with Gasteiger partial charge in [0.1, 0.15) is 0 Å². The number of hydrazone groups is 1. The van der Waals surface area contributed by atoms with E-state index in [1.54, 1.807) is 68.4 Å². The van der Waals surface area contributed by atoms with E-state index >= 15 is 0 Å². The van der Waals surface area contributed by atoms with Gasteiger partial charge in [-0.15, -0.1) is 0 Å². The van der Waals surface area contributed by atoms with Crippen LogP contribution < -0.4 is 19.6 Å². The largest absolute Gasteiger partial charge is 0.490 e. The third-order valence-electron chi connectivity index (χ3n) is 5.59. The second kappa shape index (κ2) is 15.3. The number of rotatable bonds is 14. The predicted octanol–water partition coefficient (Wildman–Crippen LogP) is 4.66. The lowest BCUT2D eigenvalue weighted by atomic mass is 10.0. The summed E-state index contributed by atoms with van der Waals surface area (Å²) in [5.74, 6) is -0.313. The molecule has 2 N–H and O–H groups in total. The van der Waals surface area contributed by atoms with Crippen molar-refractivity contribution in [2.75, 3.05) is 19.8 Å². The molecule has 0 unspecified atom stereocenters. The van der Waals surface area contributed by atoms with E-state index in [0.717, 1.165) is 5.56 Å². The lowest BCUT2D eigenvalue weighted by Gasteiger charge is -2.18. The van der Waals surface area contributed by atoms with E-state index in [1.165, 1.54) is 18.3 Å². The van der Waals surface area contributed by atoms with E-state index in [2.05, 4.69) is 31.2 Å². The number of carbonyl (C=O) groups excluding carboxylic acids is 2. The molecule has 0 radical (unpaired) electrons. The Morgan fingerprint density at radius 2 is 1.71 bits per heavy atom. The molecule has 0 aliphatic carbocycles. The van der Waals surface area contributed by atoms with Crippen molar-refractivity contribution in [3.05, 3.63) is 87.9 Å². The van der Waals surface area contributed by atoms with Crippen molar-refractivity contribution in [2.45, 2.75) is 38.1 Å². The number of amides is 1. The molecule has 3 rings (SSSR count). The molecule has 0 aliphatic rings. The number of esters is 1. The van der Waals surface area contributed by atoms with Crippen molar-refractivity contribution in [3.8, 4) is 11.5 Å². The summed E-state index contributed by atoms with van der Waals surface area (Å²) in [6.45, 7) is 5.68. The van der Waals surface area contributed by atoms with E-state index in [9.17, 15) is 18.0 Å². The number of ether oxygens (including phenoxy) is 3. The topological polar surface area (TPSA) is 132 Å². The fourth-order valence-corrected chi connectivity index (χ4v) is 5.49. The molecule has 3 aromatic rings. The first-order valence-electron chi connectivity index (χ1n) is 12.8. The highest BCUT2D eigenvalue weighted by Crippen LogP contribution is 2.36. The van der Waals surface area contributed by atoms with Crippen LogP contribution >= 0.6 is 15.9 Å². The Morgan fingerprint density at radius 3 is 2.37 bits per heavy atom. The van der Waals surface area contributed by atoms with Crippen LogP contribution in [0.3, 0.4) is 0 Å². The predicted molar refractivity (Wildman–Crippen MR) is 158 cm³/mol. The molecule has 0 aliphatic heterocycles. The second-order valence-electron chi connectivity index (χ2n) is 8.75. The minimum atomic E-state index is -3.89. The highest BCUT2D eigenvalue weighted by Gasteiger charge is 2.24. The molecule has 0 fully saturated rings. The van der Waals surface area contributed by atoms with Crippen LogP contribution in [-0.4, -0.2) is 46.3 Å². The van der Waals surface area contributed by atoms with Gasteiger partial charge in [0.25, 0.3) is 0 Å². The molecule has 0 aromatic heterocycles. The normalized spacial score (nSPS) is 12.1. The second-order valence-corrected chi connectivity index (χ2v) is 11.3. The van der Waals surface area contributed by atoms with Gasteiger partial charge < -0.3 is 14.2 Å². The third-order valence-corrected chi connectivity index (χ3v) is 7.67. The van der Waals surface area contributed by atoms with Gasteiger partial charge in [-0.3, -0.25) is 4.79 Å². The first-order chi connectivity index (χ1) is 19.6. The Bertz CT molecular complexity index is 1460. The zero-order chi connectivity index (χ0) is 29.8. The van der Waals surface area contributed by atoms with Crippen LogP contribution in [0.25, 0.3) is 0 Å². The molecule has 0 heterocycles. The fourth-order valence-electron chi connectivity index (χ4n) is 3.69. The number of hydrogen-bond acceptors (Lipinski definition) is 8. The maximum Gasteiger partial charge on any atom is 0.344 e. The molecule has 218 valence electrons. The maximum absolute atomic E-state index is 13.0. The molecular weight excluding hydrogens is 614 g/mol. The van der Waals surface area contributed by atoms with Gasteiger partial charge in [-0.05, 0) is 72.1 Å². The molecule has 0 saturated carbocycles. The lowest BCUT2D eigenvalue weighted by Crippen LogP contribution is -2.32. The van der Waals surface area contributed by atoms with Crippen LogP contribution in [0.2, 0.25) is 0 Å². The standard InChI is InChI=1S/C29H32BrN3O7S/c1-4-38-26-16-21(15-24(30)29(26)40-19-28(35)39-5-2)18-31-32-27(34)17-25(22-9-7-6-8-10-22)33-41(36,37)23-13-11-20(3)12-14-23/h6-16,18,25,33H,4-5,17,19H2,1-3H3,(H,32,34)/b31-18-/t25-/m0/s1. The Labute approximate surface area is 248 Å². The quantitative estimate of drug-likeness (QED) is 0.148. The summed E-state index contributed by atoms with van der Waals surface area (Å²) in [5, 5.41) is 4.03. The van der Waals surface area contributed by atoms with Crippen LogP contribution in [0.4, 0.5) is 0 Å². The minimum Gasteiger partial charge on any atom is -0.490 e. The minimum absolute atomic E-state index is 0.104. The Kier molecular flexibility index (Phi) is 11.9. The van der Waals surface area contributed by atoms with E-state index in [4.69, 9.17) is 14.2 Å². The Morgan fingerprint density at radius 1 is 1.00 bits per heavy atom. The van der Waals surface area contributed by atoms with Gasteiger partial charge in [0.15, 0.2) is 18.1 Å². The molecule has 41 heavy (non-hydrogen) atoms. The molecule has 10 nitrogen and oxygen atoms in total. The molecule has 12 heteroatoms. The molecule has 0 saturated heterocycles. The van der Waals surface area contributed by atoms with E-state index < -0.39 is 27.9 Å². The molecular formula is C29H32BrN3O7S. The van der Waals surface area contributed by atoms with Crippen molar-refractivity contribution in [3.63, 3.8) is 0 Å². The van der Waals surface area contributed by atoms with Crippen LogP contribution in [-0.2, 0) is 24.3 Å². The molecule has 1 atom stereocenters. The number of nitrogens with zero attached hydrogens (tertiary/aromatic N) is 1. The lowest BCUT2D eigenvalue weighted by molar-refractivity contribution is -0.145. The van der Waals surface area contributed by atoms with Crippen molar-refractivity contribution >= 4 is 44.0 Å². The first kappa shape index (κ1) is 31.8. The van der Waals surface area contributed by atoms with Crippen molar-refractivity contribution < 1.29 is 32.2 Å². The van der Waals surface area contributed by atoms with Crippen LogP contribution in [0.1, 0.15) is 43.0 Å². The van der Waals surface area contributed by atoms with Crippen LogP contribution in [0.5, 0.6) is 11.5 Å². The monoisotopic (exact) mass is 645 g/mol. The summed E-state index contributed by atoms with van der Waals surface area (Å²) in [5.41, 5.74) is 4.59. The third kappa shape index (κ3) is 9.69. The summed E-state index contributed by atoms with van der Waals surface area (Å²) in [6.07, 6.45) is 1.22. The number of carbonyl (C=O) groups is 2. The zero-order valence-electron chi connectivity index (χ0n) is 22.9. The molecule has 1 amide bonds. The van der Waals surface area contributed by atoms with Gasteiger partial charge in [-0.25, -0.2) is 23.4 Å². The average molecular weight is 647 g/mol. The van der Waals surface area contributed by atoms with Crippen molar-refractivity contribution in [1.82, 2.24) is 10.1 Å². The van der Waals surface area contributed by atoms with Gasteiger partial charge in [-0.2, -0.15) is 5.10 Å². The van der Waals surface area contributed by atoms with Gasteiger partial charge in [-0.1, -0.05) is 48.0 Å². The molecule has 0 bridgehead atoms. The average Bonchev–Trinajstić information content (AvgIpc) is 2.93. The zero-order valence-corrected chi connectivity index (χ0v) is 25.3. The van der Waals surface area contributed by atoms with E-state index in [1.807, 2.05) is 6.92 Å². The molecule has 0 spiro atoms. The number of benzene rings is 3. The van der Waals surface area contributed by atoms with Gasteiger partial charge in [0, 0.05) is 6.42 Å². The van der Waals surface area contributed by atoms with E-state index in [0.29, 0.717) is 33.7 Å². The SMILES string of the molecule is CCOC(=O)COc1c(Br)cc(/C=N\NC(=O)C[C@H](NS(=O)(=O)c2ccc(C)cc2)c2ccccc2)cc1OCC.